The second-order valence-corrected chi connectivity index (χ2v) is 5.15. The highest BCUT2D eigenvalue weighted by Crippen LogP contribution is 2.17. The van der Waals surface area contributed by atoms with Gasteiger partial charge < -0.3 is 5.11 Å². The molecule has 1 aromatic carbocycles. The van der Waals surface area contributed by atoms with Crippen molar-refractivity contribution in [3.05, 3.63) is 34.4 Å². The molecule has 0 amide bonds. The van der Waals surface area contributed by atoms with Gasteiger partial charge in [-0.2, -0.15) is 4.72 Å². The maximum Gasteiger partial charge on any atom is 0.321 e. The molecule has 8 nitrogen and oxygen atoms in total. The second-order valence-electron chi connectivity index (χ2n) is 3.44. The van der Waals surface area contributed by atoms with Crippen molar-refractivity contribution in [1.82, 2.24) is 4.72 Å². The monoisotopic (exact) mass is 274 g/mol. The van der Waals surface area contributed by atoms with Gasteiger partial charge in [0.05, 0.1) is 9.82 Å². The standard InChI is InChI=1S/C9H10N2O6S/c1-6(9(12)13)10-18(16,17)8-4-2-3-7(5-8)11(14)15/h2-6,10H,1H3,(H,12,13)/t6-/m1/s1. The molecule has 0 saturated heterocycles. The van der Waals surface area contributed by atoms with E-state index >= 15 is 0 Å². The van der Waals surface area contributed by atoms with Gasteiger partial charge in [0.15, 0.2) is 0 Å². The molecule has 1 rings (SSSR count). The Labute approximate surface area is 102 Å². The Balaban J connectivity index is 3.09. The molecule has 0 fully saturated rings. The van der Waals surface area contributed by atoms with Crippen molar-refractivity contribution in [3.8, 4) is 0 Å². The van der Waals surface area contributed by atoms with Crippen LogP contribution in [0.3, 0.4) is 0 Å². The first-order valence-electron chi connectivity index (χ1n) is 4.73. The lowest BCUT2D eigenvalue weighted by Gasteiger charge is -2.09. The number of nitrogens with one attached hydrogen (secondary N) is 1. The van der Waals surface area contributed by atoms with Gasteiger partial charge in [-0.25, -0.2) is 8.42 Å². The summed E-state index contributed by atoms with van der Waals surface area (Å²) in [6, 6.07) is 3.02. The molecular weight excluding hydrogens is 264 g/mol. The number of carboxylic acids is 1. The molecule has 0 aromatic heterocycles. The predicted octanol–water partition coefficient (Wildman–Crippen LogP) is 0.346. The molecule has 0 radical (unpaired) electrons. The van der Waals surface area contributed by atoms with Crippen LogP contribution in [0.15, 0.2) is 29.2 Å². The molecular formula is C9H10N2O6S. The first-order valence-corrected chi connectivity index (χ1v) is 6.22. The maximum atomic E-state index is 11.7. The minimum absolute atomic E-state index is 0.357. The first kappa shape index (κ1) is 14.1. The zero-order chi connectivity index (χ0) is 13.9. The van der Waals surface area contributed by atoms with E-state index in [1.54, 1.807) is 0 Å². The van der Waals surface area contributed by atoms with E-state index in [4.69, 9.17) is 5.11 Å². The summed E-state index contributed by atoms with van der Waals surface area (Å²) in [5.74, 6) is -1.34. The number of carbonyl (C=O) groups is 1. The molecule has 0 aliphatic carbocycles. The minimum Gasteiger partial charge on any atom is -0.480 e. The van der Waals surface area contributed by atoms with E-state index in [1.165, 1.54) is 6.07 Å². The average molecular weight is 274 g/mol. The summed E-state index contributed by atoms with van der Waals surface area (Å²) in [7, 11) is -4.10. The Morgan fingerprint density at radius 1 is 1.50 bits per heavy atom. The van der Waals surface area contributed by atoms with Gasteiger partial charge in [-0.1, -0.05) is 6.07 Å². The van der Waals surface area contributed by atoms with E-state index in [2.05, 4.69) is 0 Å². The van der Waals surface area contributed by atoms with Crippen molar-refractivity contribution >= 4 is 21.7 Å². The zero-order valence-corrected chi connectivity index (χ0v) is 10.0. The van der Waals surface area contributed by atoms with Gasteiger partial charge in [-0.15, -0.1) is 0 Å². The van der Waals surface area contributed by atoms with Gasteiger partial charge >= 0.3 is 5.97 Å². The number of hydrogen-bond acceptors (Lipinski definition) is 5. The van der Waals surface area contributed by atoms with Crippen molar-refractivity contribution in [2.24, 2.45) is 0 Å². The summed E-state index contributed by atoms with van der Waals surface area (Å²) in [6.45, 7) is 1.15. The number of hydrogen-bond donors (Lipinski definition) is 2. The summed E-state index contributed by atoms with van der Waals surface area (Å²) >= 11 is 0. The molecule has 2 N–H and O–H groups in total. The van der Waals surface area contributed by atoms with Crippen LogP contribution in [0.2, 0.25) is 0 Å². The highest BCUT2D eigenvalue weighted by molar-refractivity contribution is 7.89. The number of carboxylic acid groups (broad SMARTS) is 1. The summed E-state index contributed by atoms with van der Waals surface area (Å²) in [5.41, 5.74) is -0.388. The molecule has 98 valence electrons. The number of nitro benzene ring substituents is 1. The Kier molecular flexibility index (Phi) is 3.99. The predicted molar refractivity (Wildman–Crippen MR) is 60.5 cm³/mol. The summed E-state index contributed by atoms with van der Waals surface area (Å²) in [4.78, 5) is 20.0. The van der Waals surface area contributed by atoms with E-state index < -0.39 is 27.0 Å². The lowest BCUT2D eigenvalue weighted by Crippen LogP contribution is -2.38. The molecule has 0 aliphatic heterocycles. The van der Waals surface area contributed by atoms with Crippen LogP contribution in [0.25, 0.3) is 0 Å². The van der Waals surface area contributed by atoms with E-state index in [1.807, 2.05) is 4.72 Å². The van der Waals surface area contributed by atoms with E-state index in [9.17, 15) is 23.3 Å². The van der Waals surface area contributed by atoms with Crippen LogP contribution >= 0.6 is 0 Å². The summed E-state index contributed by atoms with van der Waals surface area (Å²) in [5, 5.41) is 19.1. The van der Waals surface area contributed by atoms with Crippen LogP contribution in [-0.4, -0.2) is 30.5 Å². The minimum atomic E-state index is -4.10. The van der Waals surface area contributed by atoms with Crippen LogP contribution < -0.4 is 4.72 Å². The Hall–Kier alpha value is -2.00. The van der Waals surface area contributed by atoms with Gasteiger partial charge in [0.2, 0.25) is 10.0 Å². The fourth-order valence-corrected chi connectivity index (χ4v) is 2.35. The van der Waals surface area contributed by atoms with E-state index in [0.29, 0.717) is 0 Å². The van der Waals surface area contributed by atoms with Gasteiger partial charge in [0.25, 0.3) is 5.69 Å². The van der Waals surface area contributed by atoms with Crippen molar-refractivity contribution in [2.45, 2.75) is 17.9 Å². The number of nitrogens with zero attached hydrogens (tertiary/aromatic N) is 1. The van der Waals surface area contributed by atoms with Gasteiger partial charge in [-0.05, 0) is 13.0 Å². The van der Waals surface area contributed by atoms with Crippen LogP contribution in [0.5, 0.6) is 0 Å². The quantitative estimate of drug-likeness (QED) is 0.589. The molecule has 0 saturated carbocycles. The second kappa shape index (κ2) is 5.10. The lowest BCUT2D eigenvalue weighted by molar-refractivity contribution is -0.385. The third-order valence-electron chi connectivity index (χ3n) is 2.04. The number of benzene rings is 1. The third-order valence-corrected chi connectivity index (χ3v) is 3.58. The zero-order valence-electron chi connectivity index (χ0n) is 9.23. The van der Waals surface area contributed by atoms with Crippen LogP contribution in [0, 0.1) is 10.1 Å². The first-order chi connectivity index (χ1) is 8.24. The van der Waals surface area contributed by atoms with Crippen LogP contribution in [0.1, 0.15) is 6.92 Å². The topological polar surface area (TPSA) is 127 Å². The highest BCUT2D eigenvalue weighted by atomic mass is 32.2. The third kappa shape index (κ3) is 3.25. The molecule has 0 aliphatic rings. The summed E-state index contributed by atoms with van der Waals surface area (Å²) in [6.07, 6.45) is 0. The number of rotatable bonds is 5. The Morgan fingerprint density at radius 2 is 2.11 bits per heavy atom. The van der Waals surface area contributed by atoms with Gasteiger partial charge in [0.1, 0.15) is 6.04 Å². The molecule has 18 heavy (non-hydrogen) atoms. The molecule has 1 atom stereocenters. The number of sulfonamides is 1. The Morgan fingerprint density at radius 3 is 2.61 bits per heavy atom. The largest absolute Gasteiger partial charge is 0.480 e. The van der Waals surface area contributed by atoms with Gasteiger partial charge in [0, 0.05) is 12.1 Å². The Bertz CT molecular complexity index is 582. The summed E-state index contributed by atoms with van der Waals surface area (Å²) < 4.78 is 25.3. The molecule has 9 heteroatoms. The van der Waals surface area contributed by atoms with E-state index in [-0.39, 0.29) is 10.6 Å². The number of aliphatic carboxylic acids is 1. The van der Waals surface area contributed by atoms with Crippen LogP contribution in [-0.2, 0) is 14.8 Å². The van der Waals surface area contributed by atoms with Crippen molar-refractivity contribution in [1.29, 1.82) is 0 Å². The normalized spacial score (nSPS) is 12.9. The van der Waals surface area contributed by atoms with Crippen molar-refractivity contribution in [2.75, 3.05) is 0 Å². The molecule has 0 spiro atoms. The van der Waals surface area contributed by atoms with Gasteiger partial charge in [-0.3, -0.25) is 14.9 Å². The van der Waals surface area contributed by atoms with Crippen LogP contribution in [0.4, 0.5) is 5.69 Å². The smallest absolute Gasteiger partial charge is 0.321 e. The highest BCUT2D eigenvalue weighted by Gasteiger charge is 2.22. The SMILES string of the molecule is C[C@@H](NS(=O)(=O)c1cccc([N+](=O)[O-])c1)C(=O)O. The molecule has 0 unspecified atom stereocenters. The molecule has 1 aromatic rings. The average Bonchev–Trinajstić information content (AvgIpc) is 2.28. The molecule has 0 bridgehead atoms. The fourth-order valence-electron chi connectivity index (χ4n) is 1.12. The number of nitro groups is 1. The maximum absolute atomic E-state index is 11.7. The van der Waals surface area contributed by atoms with Crippen molar-refractivity contribution in [3.63, 3.8) is 0 Å². The number of non-ortho nitro benzene ring substituents is 1. The van der Waals surface area contributed by atoms with E-state index in [0.717, 1.165) is 25.1 Å². The van der Waals surface area contributed by atoms with Crippen molar-refractivity contribution < 1.29 is 23.2 Å². The molecule has 0 heterocycles. The fraction of sp³-hybridized carbons (Fsp3) is 0.222. The lowest BCUT2D eigenvalue weighted by atomic mass is 10.3.